The van der Waals surface area contributed by atoms with Crippen molar-refractivity contribution in [1.82, 2.24) is 0 Å². The van der Waals surface area contributed by atoms with Crippen LogP contribution in [0.25, 0.3) is 11.1 Å². The van der Waals surface area contributed by atoms with E-state index in [2.05, 4.69) is 10.1 Å². The fraction of sp³-hybridized carbons (Fsp3) is 0.143. The summed E-state index contributed by atoms with van der Waals surface area (Å²) in [6, 6.07) is 11.4. The zero-order chi connectivity index (χ0) is 22.6. The van der Waals surface area contributed by atoms with E-state index in [0.29, 0.717) is 21.9 Å². The van der Waals surface area contributed by atoms with Gasteiger partial charge in [-0.3, -0.25) is 4.79 Å². The summed E-state index contributed by atoms with van der Waals surface area (Å²) in [6.07, 6.45) is -4.85. The molecule has 6 nitrogen and oxygen atoms in total. The summed E-state index contributed by atoms with van der Waals surface area (Å²) in [7, 11) is 2.73. The van der Waals surface area contributed by atoms with Crippen LogP contribution in [-0.2, 0) is 4.74 Å². The Morgan fingerprint density at radius 2 is 1.74 bits per heavy atom. The molecule has 0 aliphatic heterocycles. The molecule has 0 fully saturated rings. The van der Waals surface area contributed by atoms with Crippen LogP contribution in [0.1, 0.15) is 20.0 Å². The third-order valence-corrected chi connectivity index (χ3v) is 5.05. The van der Waals surface area contributed by atoms with E-state index in [1.54, 1.807) is 29.6 Å². The zero-order valence-corrected chi connectivity index (χ0v) is 17.1. The molecule has 0 bridgehead atoms. The summed E-state index contributed by atoms with van der Waals surface area (Å²) in [6.45, 7) is 0. The Bertz CT molecular complexity index is 1090. The quantitative estimate of drug-likeness (QED) is 0.511. The van der Waals surface area contributed by atoms with Crippen LogP contribution in [-0.4, -0.2) is 32.5 Å². The monoisotopic (exact) mass is 451 g/mol. The first-order valence-corrected chi connectivity index (χ1v) is 9.61. The normalized spacial score (nSPS) is 11.0. The lowest BCUT2D eigenvalue weighted by molar-refractivity contribution is -0.274. The summed E-state index contributed by atoms with van der Waals surface area (Å²) in [5, 5.41) is 4.36. The number of hydrogen-bond donors (Lipinski definition) is 1. The van der Waals surface area contributed by atoms with Crippen LogP contribution >= 0.6 is 11.3 Å². The standard InChI is InChI=1S/C21H16F3NO5S/c1-28-17-16(11-31-18(17)20(27)29-2)12-6-8-14(9-7-12)25-19(26)13-4-3-5-15(10-13)30-21(22,23)24/h3-11H,1-2H3,(H,25,26). The van der Waals surface area contributed by atoms with Gasteiger partial charge in [-0.15, -0.1) is 24.5 Å². The van der Waals surface area contributed by atoms with Crippen LogP contribution < -0.4 is 14.8 Å². The van der Waals surface area contributed by atoms with Gasteiger partial charge in [0.15, 0.2) is 10.6 Å². The van der Waals surface area contributed by atoms with Crippen LogP contribution in [0.15, 0.2) is 53.9 Å². The van der Waals surface area contributed by atoms with E-state index in [-0.39, 0.29) is 5.56 Å². The summed E-state index contributed by atoms with van der Waals surface area (Å²) >= 11 is 1.18. The lowest BCUT2D eigenvalue weighted by atomic mass is 10.1. The van der Waals surface area contributed by atoms with E-state index in [9.17, 15) is 22.8 Å². The first-order valence-electron chi connectivity index (χ1n) is 8.73. The second kappa shape index (κ2) is 9.09. The molecule has 3 rings (SSSR count). The number of ether oxygens (including phenoxy) is 3. The number of thiophene rings is 1. The maximum Gasteiger partial charge on any atom is 0.573 e. The minimum Gasteiger partial charge on any atom is -0.494 e. The van der Waals surface area contributed by atoms with Crippen molar-refractivity contribution in [3.8, 4) is 22.6 Å². The molecule has 0 unspecified atom stereocenters. The van der Waals surface area contributed by atoms with Crippen LogP contribution in [0.5, 0.6) is 11.5 Å². The molecular formula is C21H16F3NO5S. The van der Waals surface area contributed by atoms with Crippen LogP contribution in [0.3, 0.4) is 0 Å². The average molecular weight is 451 g/mol. The van der Waals surface area contributed by atoms with Crippen molar-refractivity contribution < 1.29 is 37.0 Å². The van der Waals surface area contributed by atoms with Gasteiger partial charge in [-0.05, 0) is 35.9 Å². The number of alkyl halides is 3. The minimum atomic E-state index is -4.85. The van der Waals surface area contributed by atoms with Gasteiger partial charge in [0.1, 0.15) is 5.75 Å². The lowest BCUT2D eigenvalue weighted by Gasteiger charge is -2.11. The molecule has 1 amide bonds. The van der Waals surface area contributed by atoms with E-state index < -0.39 is 24.0 Å². The van der Waals surface area contributed by atoms with Crippen molar-refractivity contribution in [1.29, 1.82) is 0 Å². The maximum atomic E-state index is 12.4. The molecule has 1 heterocycles. The number of esters is 1. The highest BCUT2D eigenvalue weighted by Crippen LogP contribution is 2.39. The maximum absolute atomic E-state index is 12.4. The van der Waals surface area contributed by atoms with Crippen molar-refractivity contribution >= 4 is 28.9 Å². The molecule has 0 aliphatic carbocycles. The van der Waals surface area contributed by atoms with E-state index in [1.807, 2.05) is 0 Å². The number of carbonyl (C=O) groups excluding carboxylic acids is 2. The van der Waals surface area contributed by atoms with Crippen molar-refractivity contribution in [2.24, 2.45) is 0 Å². The Balaban J connectivity index is 1.76. The number of nitrogens with one attached hydrogen (secondary N) is 1. The zero-order valence-electron chi connectivity index (χ0n) is 16.3. The molecule has 1 N–H and O–H groups in total. The number of hydrogen-bond acceptors (Lipinski definition) is 6. The van der Waals surface area contributed by atoms with Gasteiger partial charge in [0.05, 0.1) is 14.2 Å². The number of amides is 1. The Hall–Kier alpha value is -3.53. The molecule has 0 radical (unpaired) electrons. The summed E-state index contributed by atoms with van der Waals surface area (Å²) in [5.74, 6) is -1.20. The third-order valence-electron chi connectivity index (χ3n) is 4.10. The minimum absolute atomic E-state index is 0.00745. The van der Waals surface area contributed by atoms with Gasteiger partial charge in [-0.1, -0.05) is 18.2 Å². The van der Waals surface area contributed by atoms with E-state index in [4.69, 9.17) is 9.47 Å². The Morgan fingerprint density at radius 3 is 2.35 bits per heavy atom. The summed E-state index contributed by atoms with van der Waals surface area (Å²) < 4.78 is 51.0. The van der Waals surface area contributed by atoms with Gasteiger partial charge >= 0.3 is 12.3 Å². The number of halogens is 3. The number of carbonyl (C=O) groups is 2. The van der Waals surface area contributed by atoms with Gasteiger partial charge in [0.25, 0.3) is 5.91 Å². The molecule has 10 heteroatoms. The number of rotatable bonds is 6. The van der Waals surface area contributed by atoms with Gasteiger partial charge in [-0.2, -0.15) is 0 Å². The first kappa shape index (κ1) is 22.2. The predicted octanol–water partition coefficient (Wildman–Crippen LogP) is 5.36. The second-order valence-corrected chi connectivity index (χ2v) is 6.99. The molecule has 0 spiro atoms. The highest BCUT2D eigenvalue weighted by atomic mass is 32.1. The molecule has 3 aromatic rings. The number of anilines is 1. The molecule has 0 saturated carbocycles. The Labute approximate surface area is 179 Å². The fourth-order valence-corrected chi connectivity index (χ4v) is 3.71. The molecule has 162 valence electrons. The predicted molar refractivity (Wildman–Crippen MR) is 109 cm³/mol. The van der Waals surface area contributed by atoms with E-state index >= 15 is 0 Å². The molecule has 0 saturated heterocycles. The highest BCUT2D eigenvalue weighted by molar-refractivity contribution is 7.12. The number of methoxy groups -OCH3 is 2. The van der Waals surface area contributed by atoms with Gasteiger partial charge in [-0.25, -0.2) is 4.79 Å². The van der Waals surface area contributed by atoms with Gasteiger partial charge in [0.2, 0.25) is 0 Å². The third kappa shape index (κ3) is 5.34. The first-order chi connectivity index (χ1) is 14.7. The highest BCUT2D eigenvalue weighted by Gasteiger charge is 2.31. The van der Waals surface area contributed by atoms with Crippen LogP contribution in [0, 0.1) is 0 Å². The van der Waals surface area contributed by atoms with Crippen molar-refractivity contribution in [2.75, 3.05) is 19.5 Å². The largest absolute Gasteiger partial charge is 0.573 e. The topological polar surface area (TPSA) is 73.9 Å². The molecule has 2 aromatic carbocycles. The van der Waals surface area contributed by atoms with E-state index in [0.717, 1.165) is 17.7 Å². The van der Waals surface area contributed by atoms with Crippen LogP contribution in [0.2, 0.25) is 0 Å². The van der Waals surface area contributed by atoms with Crippen LogP contribution in [0.4, 0.5) is 18.9 Å². The molecule has 0 atom stereocenters. The van der Waals surface area contributed by atoms with Gasteiger partial charge in [0, 0.05) is 22.2 Å². The fourth-order valence-electron chi connectivity index (χ4n) is 2.75. The molecule has 0 aliphatic rings. The number of benzene rings is 2. The SMILES string of the molecule is COC(=O)c1scc(-c2ccc(NC(=O)c3cccc(OC(F)(F)F)c3)cc2)c1OC. The molecule has 1 aromatic heterocycles. The van der Waals surface area contributed by atoms with Crippen molar-refractivity contribution in [2.45, 2.75) is 6.36 Å². The lowest BCUT2D eigenvalue weighted by Crippen LogP contribution is -2.18. The summed E-state index contributed by atoms with van der Waals surface area (Å²) in [4.78, 5) is 24.6. The summed E-state index contributed by atoms with van der Waals surface area (Å²) in [5.41, 5.74) is 1.86. The van der Waals surface area contributed by atoms with E-state index in [1.165, 1.54) is 37.7 Å². The van der Waals surface area contributed by atoms with Crippen molar-refractivity contribution in [3.05, 3.63) is 64.4 Å². The van der Waals surface area contributed by atoms with Crippen molar-refractivity contribution in [3.63, 3.8) is 0 Å². The molecule has 31 heavy (non-hydrogen) atoms. The smallest absolute Gasteiger partial charge is 0.494 e. The molecular weight excluding hydrogens is 435 g/mol. The Morgan fingerprint density at radius 1 is 1.03 bits per heavy atom. The van der Waals surface area contributed by atoms with Gasteiger partial charge < -0.3 is 19.5 Å². The second-order valence-electron chi connectivity index (χ2n) is 6.11. The average Bonchev–Trinajstić information content (AvgIpc) is 3.16. The Kier molecular flexibility index (Phi) is 6.50.